The summed E-state index contributed by atoms with van der Waals surface area (Å²) in [5.41, 5.74) is 0.653. The first-order valence-electron chi connectivity index (χ1n) is 6.41. The third-order valence-electron chi connectivity index (χ3n) is 2.86. The van der Waals surface area contributed by atoms with Crippen molar-refractivity contribution in [3.8, 4) is 11.4 Å². The molecule has 7 heteroatoms. The zero-order valence-electron chi connectivity index (χ0n) is 11.4. The van der Waals surface area contributed by atoms with E-state index in [2.05, 4.69) is 20.7 Å². The topological polar surface area (TPSA) is 72.7 Å². The minimum atomic E-state index is -0.325. The Hall–Kier alpha value is -2.31. The van der Waals surface area contributed by atoms with Crippen LogP contribution in [0.4, 0.5) is 4.39 Å². The van der Waals surface area contributed by atoms with E-state index in [1.807, 2.05) is 13.8 Å². The van der Waals surface area contributed by atoms with Gasteiger partial charge in [-0.15, -0.1) is 10.2 Å². The molecule has 1 amide bonds. The van der Waals surface area contributed by atoms with Gasteiger partial charge in [-0.25, -0.2) is 4.39 Å². The maximum Gasteiger partial charge on any atom is 0.243 e. The number of aromatic nitrogens is 4. The maximum absolute atomic E-state index is 12.8. The second-order valence-corrected chi connectivity index (χ2v) is 4.53. The van der Waals surface area contributed by atoms with Crippen LogP contribution in [0.25, 0.3) is 11.4 Å². The molecule has 2 rings (SSSR count). The SMILES string of the molecule is CC[C@@H](C)NC(=O)Cn1nnc(-c2ccc(F)cc2)n1. The zero-order chi connectivity index (χ0) is 14.5. The van der Waals surface area contributed by atoms with E-state index < -0.39 is 0 Å². The van der Waals surface area contributed by atoms with Crippen molar-refractivity contribution >= 4 is 5.91 Å². The minimum Gasteiger partial charge on any atom is -0.352 e. The Balaban J connectivity index is 2.02. The van der Waals surface area contributed by atoms with E-state index in [9.17, 15) is 9.18 Å². The molecule has 2 aromatic rings. The molecule has 0 saturated carbocycles. The van der Waals surface area contributed by atoms with E-state index in [-0.39, 0.29) is 24.3 Å². The number of rotatable bonds is 5. The van der Waals surface area contributed by atoms with Crippen LogP contribution in [0, 0.1) is 5.82 Å². The Kier molecular flexibility index (Phi) is 4.39. The number of benzene rings is 1. The number of hydrogen-bond donors (Lipinski definition) is 1. The van der Waals surface area contributed by atoms with Gasteiger partial charge in [-0.2, -0.15) is 4.80 Å². The van der Waals surface area contributed by atoms with E-state index in [0.29, 0.717) is 11.4 Å². The van der Waals surface area contributed by atoms with Crippen molar-refractivity contribution in [2.45, 2.75) is 32.9 Å². The number of nitrogens with zero attached hydrogens (tertiary/aromatic N) is 4. The average molecular weight is 277 g/mol. The van der Waals surface area contributed by atoms with Crippen LogP contribution in [0.2, 0.25) is 0 Å². The molecule has 0 saturated heterocycles. The van der Waals surface area contributed by atoms with Crippen molar-refractivity contribution < 1.29 is 9.18 Å². The van der Waals surface area contributed by atoms with Gasteiger partial charge in [0.15, 0.2) is 0 Å². The number of carbonyl (C=O) groups is 1. The first kappa shape index (κ1) is 14.1. The van der Waals surface area contributed by atoms with Gasteiger partial charge in [-0.05, 0) is 42.8 Å². The lowest BCUT2D eigenvalue weighted by Gasteiger charge is -2.10. The molecular formula is C13H16FN5O. The number of hydrogen-bond acceptors (Lipinski definition) is 4. The van der Waals surface area contributed by atoms with Crippen LogP contribution in [0.1, 0.15) is 20.3 Å². The average Bonchev–Trinajstić information content (AvgIpc) is 2.87. The van der Waals surface area contributed by atoms with Crippen LogP contribution in [-0.2, 0) is 11.3 Å². The van der Waals surface area contributed by atoms with Crippen LogP contribution in [0.15, 0.2) is 24.3 Å². The lowest BCUT2D eigenvalue weighted by molar-refractivity contribution is -0.122. The van der Waals surface area contributed by atoms with Crippen LogP contribution in [0.5, 0.6) is 0 Å². The second kappa shape index (κ2) is 6.23. The molecule has 6 nitrogen and oxygen atoms in total. The number of halogens is 1. The van der Waals surface area contributed by atoms with E-state index in [1.165, 1.54) is 16.9 Å². The number of tetrazole rings is 1. The number of amides is 1. The number of carbonyl (C=O) groups excluding carboxylic acids is 1. The maximum atomic E-state index is 12.8. The first-order chi connectivity index (χ1) is 9.58. The van der Waals surface area contributed by atoms with E-state index in [0.717, 1.165) is 6.42 Å². The van der Waals surface area contributed by atoms with Crippen LogP contribution in [-0.4, -0.2) is 32.2 Å². The molecule has 1 heterocycles. The highest BCUT2D eigenvalue weighted by Gasteiger charge is 2.10. The molecule has 1 atom stereocenters. The molecule has 106 valence electrons. The van der Waals surface area contributed by atoms with Gasteiger partial charge in [0.25, 0.3) is 0 Å². The normalized spacial score (nSPS) is 12.2. The second-order valence-electron chi connectivity index (χ2n) is 4.53. The van der Waals surface area contributed by atoms with Crippen LogP contribution >= 0.6 is 0 Å². The Morgan fingerprint density at radius 1 is 1.40 bits per heavy atom. The summed E-state index contributed by atoms with van der Waals surface area (Å²) in [6, 6.07) is 5.89. The van der Waals surface area contributed by atoms with Crippen molar-refractivity contribution in [1.29, 1.82) is 0 Å². The van der Waals surface area contributed by atoms with Gasteiger partial charge < -0.3 is 5.32 Å². The zero-order valence-corrected chi connectivity index (χ0v) is 11.4. The van der Waals surface area contributed by atoms with E-state index in [4.69, 9.17) is 0 Å². The van der Waals surface area contributed by atoms with Crippen molar-refractivity contribution in [3.63, 3.8) is 0 Å². The molecular weight excluding hydrogens is 261 g/mol. The quantitative estimate of drug-likeness (QED) is 0.896. The Morgan fingerprint density at radius 3 is 2.75 bits per heavy atom. The summed E-state index contributed by atoms with van der Waals surface area (Å²) in [7, 11) is 0. The fourth-order valence-corrected chi connectivity index (χ4v) is 1.58. The van der Waals surface area contributed by atoms with Gasteiger partial charge in [-0.1, -0.05) is 6.92 Å². The smallest absolute Gasteiger partial charge is 0.243 e. The predicted octanol–water partition coefficient (Wildman–Crippen LogP) is 1.39. The van der Waals surface area contributed by atoms with Gasteiger partial charge in [0.1, 0.15) is 12.4 Å². The lowest BCUT2D eigenvalue weighted by Crippen LogP contribution is -2.35. The molecule has 0 aliphatic carbocycles. The standard InChI is InChI=1S/C13H16FN5O/c1-3-9(2)15-12(20)8-19-17-13(16-18-19)10-4-6-11(14)7-5-10/h4-7,9H,3,8H2,1-2H3,(H,15,20)/t9-/m1/s1. The Labute approximate surface area is 116 Å². The summed E-state index contributed by atoms with van der Waals surface area (Å²) < 4.78 is 12.8. The molecule has 0 aliphatic heterocycles. The molecule has 0 bridgehead atoms. The van der Waals surface area contributed by atoms with Gasteiger partial charge in [0.05, 0.1) is 0 Å². The van der Waals surface area contributed by atoms with Crippen molar-refractivity contribution in [3.05, 3.63) is 30.1 Å². The summed E-state index contributed by atoms with van der Waals surface area (Å²) in [5.74, 6) is -0.127. The highest BCUT2D eigenvalue weighted by Crippen LogP contribution is 2.13. The highest BCUT2D eigenvalue weighted by molar-refractivity contribution is 5.75. The summed E-state index contributed by atoms with van der Waals surface area (Å²) in [6.45, 7) is 3.93. The molecule has 20 heavy (non-hydrogen) atoms. The predicted molar refractivity (Wildman–Crippen MR) is 71.1 cm³/mol. The third-order valence-corrected chi connectivity index (χ3v) is 2.86. The largest absolute Gasteiger partial charge is 0.352 e. The first-order valence-corrected chi connectivity index (χ1v) is 6.41. The molecule has 1 aromatic heterocycles. The molecule has 1 aromatic carbocycles. The third kappa shape index (κ3) is 3.59. The van der Waals surface area contributed by atoms with Gasteiger partial charge >= 0.3 is 0 Å². The lowest BCUT2D eigenvalue weighted by atomic mass is 10.2. The van der Waals surface area contributed by atoms with Gasteiger partial charge in [-0.3, -0.25) is 4.79 Å². The van der Waals surface area contributed by atoms with Gasteiger partial charge in [0.2, 0.25) is 11.7 Å². The number of nitrogens with one attached hydrogen (secondary N) is 1. The van der Waals surface area contributed by atoms with Crippen LogP contribution < -0.4 is 5.32 Å². The molecule has 0 fully saturated rings. The van der Waals surface area contributed by atoms with E-state index in [1.54, 1.807) is 12.1 Å². The summed E-state index contributed by atoms with van der Waals surface area (Å²) >= 11 is 0. The van der Waals surface area contributed by atoms with Crippen LogP contribution in [0.3, 0.4) is 0 Å². The molecule has 0 unspecified atom stereocenters. The fourth-order valence-electron chi connectivity index (χ4n) is 1.58. The molecule has 1 N–H and O–H groups in total. The Bertz CT molecular complexity index is 581. The summed E-state index contributed by atoms with van der Waals surface area (Å²) in [4.78, 5) is 12.9. The van der Waals surface area contributed by atoms with Crippen molar-refractivity contribution in [2.24, 2.45) is 0 Å². The summed E-state index contributed by atoms with van der Waals surface area (Å²) in [5, 5.41) is 14.6. The van der Waals surface area contributed by atoms with Crippen molar-refractivity contribution in [2.75, 3.05) is 0 Å². The molecule has 0 aliphatic rings. The minimum absolute atomic E-state index is 0.0124. The molecule has 0 radical (unpaired) electrons. The van der Waals surface area contributed by atoms with Gasteiger partial charge in [0, 0.05) is 11.6 Å². The highest BCUT2D eigenvalue weighted by atomic mass is 19.1. The molecule has 0 spiro atoms. The van der Waals surface area contributed by atoms with Crippen molar-refractivity contribution in [1.82, 2.24) is 25.5 Å². The summed E-state index contributed by atoms with van der Waals surface area (Å²) in [6.07, 6.45) is 0.858. The Morgan fingerprint density at radius 2 is 2.10 bits per heavy atom. The van der Waals surface area contributed by atoms with E-state index >= 15 is 0 Å². The fraction of sp³-hybridized carbons (Fsp3) is 0.385. The monoisotopic (exact) mass is 277 g/mol.